The number of nitrogens with one attached hydrogen (secondary N) is 1. The third-order valence-corrected chi connectivity index (χ3v) is 10.2. The van der Waals surface area contributed by atoms with Crippen LogP contribution in [-0.2, 0) is 32.6 Å². The molecule has 7 nitrogen and oxygen atoms in total. The van der Waals surface area contributed by atoms with Crippen LogP contribution in [0.1, 0.15) is 37.5 Å². The SMILES string of the molecule is Cc1ccc(S(=O)(=O)N(CC(=O)N(Cc2ccc(Cl)c(Cl)c2)[C@@H](Cc2ccccc2)C(=O)NC(C)(C)C)c2cc(Cl)ccc2Cl)cc1. The molecule has 4 aromatic rings. The lowest BCUT2D eigenvalue weighted by molar-refractivity contribution is -0.140. The van der Waals surface area contributed by atoms with Crippen LogP contribution in [0.5, 0.6) is 0 Å². The molecule has 4 rings (SSSR count). The van der Waals surface area contributed by atoms with Gasteiger partial charge in [0.2, 0.25) is 11.8 Å². The van der Waals surface area contributed by atoms with E-state index >= 15 is 0 Å². The molecule has 47 heavy (non-hydrogen) atoms. The highest BCUT2D eigenvalue weighted by Gasteiger charge is 2.36. The van der Waals surface area contributed by atoms with Crippen LogP contribution in [0, 0.1) is 6.92 Å². The molecule has 0 heterocycles. The molecular formula is C35H35Cl4N3O4S. The van der Waals surface area contributed by atoms with Gasteiger partial charge in [-0.15, -0.1) is 0 Å². The molecule has 4 aromatic carbocycles. The van der Waals surface area contributed by atoms with Crippen LogP contribution in [0.4, 0.5) is 5.69 Å². The van der Waals surface area contributed by atoms with E-state index in [0.717, 1.165) is 15.4 Å². The summed E-state index contributed by atoms with van der Waals surface area (Å²) in [6.45, 7) is 6.59. The van der Waals surface area contributed by atoms with Gasteiger partial charge in [0.15, 0.2) is 0 Å². The Kier molecular flexibility index (Phi) is 11.9. The average molecular weight is 736 g/mol. The van der Waals surface area contributed by atoms with Gasteiger partial charge in [0.05, 0.1) is 25.7 Å². The predicted octanol–water partition coefficient (Wildman–Crippen LogP) is 8.36. The first kappa shape index (κ1) is 36.6. The van der Waals surface area contributed by atoms with E-state index in [0.29, 0.717) is 10.6 Å². The van der Waals surface area contributed by atoms with Crippen LogP contribution >= 0.6 is 46.4 Å². The molecule has 0 saturated carbocycles. The molecule has 12 heteroatoms. The fraction of sp³-hybridized carbons (Fsp3) is 0.257. The molecule has 0 fully saturated rings. The highest BCUT2D eigenvalue weighted by molar-refractivity contribution is 7.92. The highest BCUT2D eigenvalue weighted by atomic mass is 35.5. The molecule has 248 valence electrons. The summed E-state index contributed by atoms with van der Waals surface area (Å²) < 4.78 is 29.4. The first-order valence-corrected chi connectivity index (χ1v) is 17.6. The van der Waals surface area contributed by atoms with E-state index in [1.165, 1.54) is 35.2 Å². The Hall–Kier alpha value is -3.27. The van der Waals surface area contributed by atoms with Crippen LogP contribution in [0.25, 0.3) is 0 Å². The second-order valence-corrected chi connectivity index (χ2v) is 15.7. The van der Waals surface area contributed by atoms with Crippen LogP contribution in [-0.4, -0.2) is 43.3 Å². The number of anilines is 1. The summed E-state index contributed by atoms with van der Waals surface area (Å²) in [5.74, 6) is -1.07. The molecule has 0 spiro atoms. The molecule has 2 amide bonds. The van der Waals surface area contributed by atoms with Crippen molar-refractivity contribution in [3.05, 3.63) is 128 Å². The van der Waals surface area contributed by atoms with Gasteiger partial charge in [0.25, 0.3) is 10.0 Å². The Labute approximate surface area is 296 Å². The van der Waals surface area contributed by atoms with Gasteiger partial charge in [-0.05, 0) is 81.3 Å². The zero-order chi connectivity index (χ0) is 34.5. The van der Waals surface area contributed by atoms with Crippen molar-refractivity contribution in [2.45, 2.75) is 57.1 Å². The smallest absolute Gasteiger partial charge is 0.264 e. The Morgan fingerprint density at radius 2 is 1.43 bits per heavy atom. The summed E-state index contributed by atoms with van der Waals surface area (Å²) in [5.41, 5.74) is 1.63. The van der Waals surface area contributed by atoms with Gasteiger partial charge in [0.1, 0.15) is 12.6 Å². The fourth-order valence-electron chi connectivity index (χ4n) is 4.87. The second kappa shape index (κ2) is 15.3. The Bertz CT molecular complexity index is 1850. The normalized spacial score (nSPS) is 12.3. The van der Waals surface area contributed by atoms with E-state index < -0.39 is 40.0 Å². The van der Waals surface area contributed by atoms with E-state index in [1.807, 2.05) is 58.0 Å². The highest BCUT2D eigenvalue weighted by Crippen LogP contribution is 2.34. The van der Waals surface area contributed by atoms with Gasteiger partial charge in [0, 0.05) is 23.5 Å². The van der Waals surface area contributed by atoms with Gasteiger partial charge < -0.3 is 10.2 Å². The minimum atomic E-state index is -4.35. The predicted molar refractivity (Wildman–Crippen MR) is 191 cm³/mol. The quantitative estimate of drug-likeness (QED) is 0.168. The molecule has 0 unspecified atom stereocenters. The summed E-state index contributed by atoms with van der Waals surface area (Å²) in [6, 6.07) is 23.8. The van der Waals surface area contributed by atoms with Gasteiger partial charge in [-0.1, -0.05) is 100 Å². The molecule has 0 radical (unpaired) electrons. The number of sulfonamides is 1. The molecule has 0 aliphatic rings. The van der Waals surface area contributed by atoms with Crippen molar-refractivity contribution in [3.63, 3.8) is 0 Å². The van der Waals surface area contributed by atoms with E-state index in [1.54, 1.807) is 30.3 Å². The van der Waals surface area contributed by atoms with Crippen molar-refractivity contribution in [2.75, 3.05) is 10.8 Å². The lowest BCUT2D eigenvalue weighted by Gasteiger charge is -2.35. The van der Waals surface area contributed by atoms with Crippen LogP contribution < -0.4 is 9.62 Å². The van der Waals surface area contributed by atoms with Crippen molar-refractivity contribution in [1.82, 2.24) is 10.2 Å². The maximum atomic E-state index is 14.6. The summed E-state index contributed by atoms with van der Waals surface area (Å²) in [6.07, 6.45) is 0.151. The van der Waals surface area contributed by atoms with E-state index in [4.69, 9.17) is 46.4 Å². The van der Waals surface area contributed by atoms with Crippen molar-refractivity contribution in [3.8, 4) is 0 Å². The van der Waals surface area contributed by atoms with Crippen LogP contribution in [0.15, 0.2) is 95.9 Å². The van der Waals surface area contributed by atoms with Gasteiger partial charge in [-0.3, -0.25) is 13.9 Å². The molecule has 0 saturated heterocycles. The minimum absolute atomic E-state index is 0.0151. The standard InChI is InChI=1S/C35H35Cl4N3O4S/c1-23-10-14-27(15-11-23)47(45,46)42(31-20-26(36)13-17-29(31)38)22-33(43)41(21-25-12-16-28(37)30(39)18-25)32(34(44)40-35(2,3)4)19-24-8-6-5-7-9-24/h5-18,20,32H,19,21-22H2,1-4H3,(H,40,44)/t32-/m0/s1. The molecular weight excluding hydrogens is 700 g/mol. The number of hydrogen-bond acceptors (Lipinski definition) is 4. The van der Waals surface area contributed by atoms with Crippen LogP contribution in [0.2, 0.25) is 20.1 Å². The third-order valence-electron chi connectivity index (χ3n) is 7.17. The van der Waals surface area contributed by atoms with Crippen molar-refractivity contribution < 1.29 is 18.0 Å². The van der Waals surface area contributed by atoms with Crippen molar-refractivity contribution in [1.29, 1.82) is 0 Å². The van der Waals surface area contributed by atoms with Crippen LogP contribution in [0.3, 0.4) is 0 Å². The molecule has 1 atom stereocenters. The zero-order valence-electron chi connectivity index (χ0n) is 26.3. The maximum Gasteiger partial charge on any atom is 0.264 e. The molecule has 1 N–H and O–H groups in total. The summed E-state index contributed by atoms with van der Waals surface area (Å²) in [7, 11) is -4.35. The van der Waals surface area contributed by atoms with E-state index in [-0.39, 0.29) is 38.6 Å². The first-order valence-electron chi connectivity index (χ1n) is 14.7. The average Bonchev–Trinajstić information content (AvgIpc) is 3.00. The van der Waals surface area contributed by atoms with Crippen molar-refractivity contribution in [2.24, 2.45) is 0 Å². The van der Waals surface area contributed by atoms with Gasteiger partial charge >= 0.3 is 0 Å². The number of aryl methyl sites for hydroxylation is 1. The Balaban J connectivity index is 1.86. The number of halogens is 4. The number of nitrogens with zero attached hydrogens (tertiary/aromatic N) is 2. The van der Waals surface area contributed by atoms with Gasteiger partial charge in [-0.25, -0.2) is 8.42 Å². The topological polar surface area (TPSA) is 86.8 Å². The first-order chi connectivity index (χ1) is 22.0. The fourth-order valence-corrected chi connectivity index (χ4v) is 7.05. The lowest BCUT2D eigenvalue weighted by Crippen LogP contribution is -2.56. The van der Waals surface area contributed by atoms with Gasteiger partial charge in [-0.2, -0.15) is 0 Å². The summed E-state index contributed by atoms with van der Waals surface area (Å²) >= 11 is 25.4. The third kappa shape index (κ3) is 9.64. The lowest BCUT2D eigenvalue weighted by atomic mass is 10.0. The second-order valence-electron chi connectivity index (χ2n) is 12.1. The number of rotatable bonds is 11. The molecule has 0 aliphatic carbocycles. The number of carbonyl (C=O) groups excluding carboxylic acids is 2. The number of carbonyl (C=O) groups is 2. The largest absolute Gasteiger partial charge is 0.350 e. The number of hydrogen-bond donors (Lipinski definition) is 1. The monoisotopic (exact) mass is 733 g/mol. The van der Waals surface area contributed by atoms with Crippen molar-refractivity contribution >= 4 is 73.9 Å². The Morgan fingerprint density at radius 3 is 2.04 bits per heavy atom. The number of amides is 2. The summed E-state index contributed by atoms with van der Waals surface area (Å²) in [4.78, 5) is 29.9. The Morgan fingerprint density at radius 1 is 0.787 bits per heavy atom. The summed E-state index contributed by atoms with van der Waals surface area (Å²) in [5, 5.41) is 3.88. The van der Waals surface area contributed by atoms with E-state index in [9.17, 15) is 18.0 Å². The minimum Gasteiger partial charge on any atom is -0.350 e. The maximum absolute atomic E-state index is 14.6. The molecule has 0 aromatic heterocycles. The number of benzene rings is 4. The molecule has 0 bridgehead atoms. The molecule has 0 aliphatic heterocycles. The van der Waals surface area contributed by atoms with E-state index in [2.05, 4.69) is 5.32 Å². The zero-order valence-corrected chi connectivity index (χ0v) is 30.1.